The van der Waals surface area contributed by atoms with Gasteiger partial charge in [0.05, 0.1) is 17.6 Å². The molecule has 126 valence electrons. The number of nitrogens with one attached hydrogen (secondary N) is 3. The van der Waals surface area contributed by atoms with Gasteiger partial charge in [0, 0.05) is 5.56 Å². The lowest BCUT2D eigenvalue weighted by Gasteiger charge is -2.15. The number of halogens is 2. The van der Waals surface area contributed by atoms with E-state index in [1.807, 2.05) is 0 Å². The van der Waals surface area contributed by atoms with Gasteiger partial charge in [0.2, 0.25) is 0 Å². The Bertz CT molecular complexity index is 705. The molecule has 0 saturated carbocycles. The van der Waals surface area contributed by atoms with Gasteiger partial charge in [-0.25, -0.2) is 4.39 Å². The summed E-state index contributed by atoms with van der Waals surface area (Å²) in [5.74, 6) is -1.19. The highest BCUT2D eigenvalue weighted by Gasteiger charge is 2.16. The average molecular weight is 351 g/mol. The number of rotatable bonds is 5. The standard InChI is InChI=1S/C17H17ClFN3O2/c1-22(10-13-14(18)8-5-9-15(13)19)11-16(23)20-21-17(24)12-6-3-2-4-7-12/h2-9H,10-11H2,1H3,(H,20,23)(H,21,24)/p+1. The SMILES string of the molecule is C[NH+](CC(=O)NNC(=O)c1ccccc1)Cc1c(F)cccc1Cl. The molecule has 0 heterocycles. The maximum absolute atomic E-state index is 13.7. The van der Waals surface area contributed by atoms with Crippen LogP contribution < -0.4 is 15.8 Å². The molecule has 0 spiro atoms. The second-order valence-corrected chi connectivity index (χ2v) is 5.79. The molecule has 0 aliphatic heterocycles. The monoisotopic (exact) mass is 350 g/mol. The summed E-state index contributed by atoms with van der Waals surface area (Å²) in [6.45, 7) is 0.311. The Labute approximate surface area is 144 Å². The van der Waals surface area contributed by atoms with Crippen LogP contribution in [0.5, 0.6) is 0 Å². The predicted octanol–water partition coefficient (Wildman–Crippen LogP) is 0.955. The highest BCUT2D eigenvalue weighted by atomic mass is 35.5. The van der Waals surface area contributed by atoms with Crippen LogP contribution in [-0.4, -0.2) is 25.4 Å². The van der Waals surface area contributed by atoms with Crippen molar-refractivity contribution in [3.05, 3.63) is 70.5 Å². The molecule has 3 N–H and O–H groups in total. The highest BCUT2D eigenvalue weighted by molar-refractivity contribution is 6.31. The number of quaternary nitrogens is 1. The predicted molar refractivity (Wildman–Crippen MR) is 88.9 cm³/mol. The first kappa shape index (κ1) is 17.9. The molecule has 7 heteroatoms. The molecule has 0 aliphatic carbocycles. The fourth-order valence-corrected chi connectivity index (χ4v) is 2.40. The van der Waals surface area contributed by atoms with Crippen molar-refractivity contribution in [3.8, 4) is 0 Å². The molecule has 2 aromatic carbocycles. The summed E-state index contributed by atoms with van der Waals surface area (Å²) < 4.78 is 13.7. The van der Waals surface area contributed by atoms with Crippen molar-refractivity contribution >= 4 is 23.4 Å². The molecule has 24 heavy (non-hydrogen) atoms. The summed E-state index contributed by atoms with van der Waals surface area (Å²) >= 11 is 5.97. The van der Waals surface area contributed by atoms with E-state index in [1.54, 1.807) is 43.4 Å². The van der Waals surface area contributed by atoms with E-state index in [1.165, 1.54) is 12.1 Å². The average Bonchev–Trinajstić information content (AvgIpc) is 2.57. The van der Waals surface area contributed by atoms with Crippen molar-refractivity contribution in [1.82, 2.24) is 10.9 Å². The number of amides is 2. The van der Waals surface area contributed by atoms with Crippen LogP contribution in [0.25, 0.3) is 0 Å². The second kappa shape index (κ2) is 8.42. The molecule has 0 bridgehead atoms. The molecule has 0 saturated heterocycles. The van der Waals surface area contributed by atoms with Crippen LogP contribution >= 0.6 is 11.6 Å². The fourth-order valence-electron chi connectivity index (χ4n) is 2.17. The lowest BCUT2D eigenvalue weighted by molar-refractivity contribution is -0.885. The molecule has 2 rings (SSSR count). The maximum atomic E-state index is 13.7. The van der Waals surface area contributed by atoms with Gasteiger partial charge in [0.25, 0.3) is 11.8 Å². The minimum Gasteiger partial charge on any atom is -0.326 e. The third-order valence-electron chi connectivity index (χ3n) is 3.35. The second-order valence-electron chi connectivity index (χ2n) is 5.38. The van der Waals surface area contributed by atoms with Gasteiger partial charge in [-0.15, -0.1) is 0 Å². The van der Waals surface area contributed by atoms with Crippen LogP contribution in [0.3, 0.4) is 0 Å². The van der Waals surface area contributed by atoms with Crippen molar-refractivity contribution in [2.24, 2.45) is 0 Å². The van der Waals surface area contributed by atoms with E-state index in [-0.39, 0.29) is 19.0 Å². The van der Waals surface area contributed by atoms with Crippen LogP contribution in [0.1, 0.15) is 15.9 Å². The molecular weight excluding hydrogens is 333 g/mol. The molecule has 2 amide bonds. The zero-order valence-corrected chi connectivity index (χ0v) is 13.9. The van der Waals surface area contributed by atoms with E-state index < -0.39 is 11.7 Å². The van der Waals surface area contributed by atoms with Crippen LogP contribution in [0.15, 0.2) is 48.5 Å². The summed E-state index contributed by atoms with van der Waals surface area (Å²) in [6, 6.07) is 13.0. The van der Waals surface area contributed by atoms with Gasteiger partial charge in [-0.05, 0) is 24.3 Å². The van der Waals surface area contributed by atoms with Crippen molar-refractivity contribution in [2.75, 3.05) is 13.6 Å². The Morgan fingerprint density at radius 1 is 1.08 bits per heavy atom. The van der Waals surface area contributed by atoms with Crippen molar-refractivity contribution in [1.29, 1.82) is 0 Å². The van der Waals surface area contributed by atoms with E-state index in [4.69, 9.17) is 11.6 Å². The molecule has 0 fully saturated rings. The van der Waals surface area contributed by atoms with Crippen LogP contribution in [0, 0.1) is 5.82 Å². The highest BCUT2D eigenvalue weighted by Crippen LogP contribution is 2.17. The van der Waals surface area contributed by atoms with Gasteiger partial charge in [-0.3, -0.25) is 20.4 Å². The molecule has 5 nitrogen and oxygen atoms in total. The number of hydrogen-bond donors (Lipinski definition) is 3. The zero-order valence-electron chi connectivity index (χ0n) is 13.1. The minimum absolute atomic E-state index is 0.0553. The summed E-state index contributed by atoms with van der Waals surface area (Å²) in [5, 5.41) is 0.326. The summed E-state index contributed by atoms with van der Waals surface area (Å²) in [5.41, 5.74) is 5.48. The van der Waals surface area contributed by atoms with E-state index in [0.717, 1.165) is 4.90 Å². The number of carbonyl (C=O) groups excluding carboxylic acids is 2. The minimum atomic E-state index is -0.404. The molecule has 2 aromatic rings. The number of likely N-dealkylation sites (N-methyl/N-ethyl adjacent to an activating group) is 1. The van der Waals surface area contributed by atoms with E-state index >= 15 is 0 Å². The van der Waals surface area contributed by atoms with Gasteiger partial charge in [0.1, 0.15) is 12.4 Å². The maximum Gasteiger partial charge on any atom is 0.293 e. The number of benzene rings is 2. The number of carbonyl (C=O) groups is 2. The topological polar surface area (TPSA) is 62.6 Å². The van der Waals surface area contributed by atoms with Gasteiger partial charge >= 0.3 is 0 Å². The Kier molecular flexibility index (Phi) is 6.28. The normalized spacial score (nSPS) is 11.6. The molecule has 0 aromatic heterocycles. The quantitative estimate of drug-likeness (QED) is 0.703. The largest absolute Gasteiger partial charge is 0.326 e. The van der Waals surface area contributed by atoms with Crippen molar-refractivity contribution in [2.45, 2.75) is 6.54 Å². The molecule has 0 radical (unpaired) electrons. The van der Waals surface area contributed by atoms with Crippen LogP contribution in [-0.2, 0) is 11.3 Å². The van der Waals surface area contributed by atoms with Crippen molar-refractivity contribution in [3.63, 3.8) is 0 Å². The molecule has 1 unspecified atom stereocenters. The summed E-state index contributed by atoms with van der Waals surface area (Å²) in [4.78, 5) is 24.4. The van der Waals surface area contributed by atoms with Gasteiger partial charge in [-0.2, -0.15) is 0 Å². The van der Waals surface area contributed by atoms with E-state index in [0.29, 0.717) is 16.1 Å². The Balaban J connectivity index is 1.83. The molecular formula is C17H18ClFN3O2+. The third kappa shape index (κ3) is 5.04. The summed E-state index contributed by atoms with van der Waals surface area (Å²) in [7, 11) is 1.74. The van der Waals surface area contributed by atoms with Gasteiger partial charge < -0.3 is 4.90 Å². The fraction of sp³-hybridized carbons (Fsp3) is 0.176. The van der Waals surface area contributed by atoms with Crippen LogP contribution in [0.4, 0.5) is 4.39 Å². The van der Waals surface area contributed by atoms with E-state index in [9.17, 15) is 14.0 Å². The smallest absolute Gasteiger partial charge is 0.293 e. The lowest BCUT2D eigenvalue weighted by Crippen LogP contribution is -3.09. The van der Waals surface area contributed by atoms with Gasteiger partial charge in [0.15, 0.2) is 6.54 Å². The van der Waals surface area contributed by atoms with Gasteiger partial charge in [-0.1, -0.05) is 35.9 Å². The third-order valence-corrected chi connectivity index (χ3v) is 3.71. The zero-order chi connectivity index (χ0) is 17.5. The lowest BCUT2D eigenvalue weighted by atomic mass is 10.2. The van der Waals surface area contributed by atoms with E-state index in [2.05, 4.69) is 10.9 Å². The molecule has 1 atom stereocenters. The first-order valence-electron chi connectivity index (χ1n) is 7.36. The van der Waals surface area contributed by atoms with Crippen molar-refractivity contribution < 1.29 is 18.9 Å². The molecule has 0 aliphatic rings. The first-order valence-corrected chi connectivity index (χ1v) is 7.73. The number of hydrazine groups is 1. The first-order chi connectivity index (χ1) is 11.5. The Hall–Kier alpha value is -2.44. The Morgan fingerprint density at radius 2 is 1.79 bits per heavy atom. The Morgan fingerprint density at radius 3 is 2.46 bits per heavy atom. The number of hydrogen-bond acceptors (Lipinski definition) is 2. The summed E-state index contributed by atoms with van der Waals surface area (Å²) in [6.07, 6.45) is 0. The van der Waals surface area contributed by atoms with Crippen LogP contribution in [0.2, 0.25) is 5.02 Å².